The van der Waals surface area contributed by atoms with Crippen LogP contribution in [0.4, 0.5) is 0 Å². The Morgan fingerprint density at radius 2 is 2.28 bits per heavy atom. The van der Waals surface area contributed by atoms with E-state index in [1.807, 2.05) is 18.2 Å². The maximum atomic E-state index is 6.02. The van der Waals surface area contributed by atoms with Gasteiger partial charge in [0.1, 0.15) is 0 Å². The summed E-state index contributed by atoms with van der Waals surface area (Å²) in [5.74, 6) is 1.23. The molecule has 100 valence electrons. The second kappa shape index (κ2) is 7.18. The van der Waals surface area contributed by atoms with Crippen LogP contribution in [0.15, 0.2) is 22.7 Å². The molecule has 1 nitrogen and oxygen atoms in total. The van der Waals surface area contributed by atoms with E-state index in [2.05, 4.69) is 39.9 Å². The van der Waals surface area contributed by atoms with E-state index in [0.29, 0.717) is 6.04 Å². The van der Waals surface area contributed by atoms with E-state index in [1.54, 1.807) is 0 Å². The summed E-state index contributed by atoms with van der Waals surface area (Å²) in [5, 5.41) is 5.32. The maximum Gasteiger partial charge on any atom is 0.0410 e. The minimum Gasteiger partial charge on any atom is -0.310 e. The summed E-state index contributed by atoms with van der Waals surface area (Å²) >= 11 is 11.7. The molecule has 0 bridgehead atoms. The third-order valence-electron chi connectivity index (χ3n) is 3.38. The van der Waals surface area contributed by atoms with E-state index in [1.165, 1.54) is 30.6 Å². The minimum atomic E-state index is 0.667. The van der Waals surface area contributed by atoms with Gasteiger partial charge >= 0.3 is 0 Å². The lowest BCUT2D eigenvalue weighted by Gasteiger charge is -2.14. The molecule has 1 fully saturated rings. The predicted octanol–water partition coefficient (Wildman–Crippen LogP) is 4.87. The first-order valence-electron chi connectivity index (χ1n) is 6.48. The Morgan fingerprint density at radius 3 is 3.06 bits per heavy atom. The Balaban J connectivity index is 1.83. The zero-order valence-electron chi connectivity index (χ0n) is 10.6. The zero-order chi connectivity index (χ0) is 13.0. The Hall–Kier alpha value is 0.300. The Kier molecular flexibility index (Phi) is 5.87. The number of hydrogen-bond donors (Lipinski definition) is 1. The van der Waals surface area contributed by atoms with Crippen LogP contribution in [0.1, 0.15) is 31.7 Å². The molecule has 18 heavy (non-hydrogen) atoms. The van der Waals surface area contributed by atoms with Crippen molar-refractivity contribution < 1.29 is 0 Å². The molecule has 1 saturated carbocycles. The van der Waals surface area contributed by atoms with Crippen molar-refractivity contribution in [2.45, 2.75) is 44.0 Å². The van der Waals surface area contributed by atoms with Gasteiger partial charge in [0.15, 0.2) is 0 Å². The highest BCUT2D eigenvalue weighted by molar-refractivity contribution is 9.10. The Bertz CT molecular complexity index is 399. The van der Waals surface area contributed by atoms with E-state index < -0.39 is 0 Å². The lowest BCUT2D eigenvalue weighted by molar-refractivity contribution is 0.524. The van der Waals surface area contributed by atoms with Gasteiger partial charge in [-0.15, -0.1) is 0 Å². The van der Waals surface area contributed by atoms with Crippen molar-refractivity contribution in [2.75, 3.05) is 5.75 Å². The lowest BCUT2D eigenvalue weighted by Crippen LogP contribution is -2.26. The molecule has 0 saturated heterocycles. The number of nitrogens with one attached hydrogen (secondary N) is 1. The molecule has 0 spiro atoms. The average molecular weight is 349 g/mol. The highest BCUT2D eigenvalue weighted by Crippen LogP contribution is 2.30. The van der Waals surface area contributed by atoms with Crippen LogP contribution >= 0.6 is 39.3 Å². The van der Waals surface area contributed by atoms with Gasteiger partial charge in [0.25, 0.3) is 0 Å². The fourth-order valence-electron chi connectivity index (χ4n) is 2.45. The summed E-state index contributed by atoms with van der Waals surface area (Å²) in [7, 11) is 0. The minimum absolute atomic E-state index is 0.667. The normalized spacial score (nSPS) is 23.5. The van der Waals surface area contributed by atoms with E-state index in [0.717, 1.165) is 21.3 Å². The van der Waals surface area contributed by atoms with Crippen LogP contribution in [0, 0.1) is 0 Å². The van der Waals surface area contributed by atoms with Crippen molar-refractivity contribution in [2.24, 2.45) is 0 Å². The number of rotatable bonds is 5. The van der Waals surface area contributed by atoms with Crippen LogP contribution in [0.2, 0.25) is 5.02 Å². The van der Waals surface area contributed by atoms with Crippen LogP contribution < -0.4 is 5.32 Å². The summed E-state index contributed by atoms with van der Waals surface area (Å²) in [4.78, 5) is 0. The second-order valence-electron chi connectivity index (χ2n) is 4.70. The summed E-state index contributed by atoms with van der Waals surface area (Å²) < 4.78 is 1.14. The van der Waals surface area contributed by atoms with Crippen LogP contribution in [0.5, 0.6) is 0 Å². The van der Waals surface area contributed by atoms with Gasteiger partial charge in [0.05, 0.1) is 0 Å². The fraction of sp³-hybridized carbons (Fsp3) is 0.571. The van der Waals surface area contributed by atoms with Gasteiger partial charge in [-0.1, -0.05) is 34.5 Å². The molecule has 1 aromatic rings. The lowest BCUT2D eigenvalue weighted by atomic mass is 10.2. The zero-order valence-corrected chi connectivity index (χ0v) is 13.7. The van der Waals surface area contributed by atoms with Crippen LogP contribution in [0.25, 0.3) is 0 Å². The van der Waals surface area contributed by atoms with E-state index in [9.17, 15) is 0 Å². The first-order valence-corrected chi connectivity index (χ1v) is 8.70. The molecule has 1 N–H and O–H groups in total. The third-order valence-corrected chi connectivity index (χ3v) is 5.62. The van der Waals surface area contributed by atoms with Crippen molar-refractivity contribution in [1.82, 2.24) is 5.32 Å². The SMILES string of the molecule is CCSC1CCC(NCc2cc(Cl)ccc2Br)C1. The molecular weight excluding hydrogens is 330 g/mol. The summed E-state index contributed by atoms with van der Waals surface area (Å²) in [6.07, 6.45) is 3.96. The molecule has 0 heterocycles. The molecule has 0 aromatic heterocycles. The van der Waals surface area contributed by atoms with E-state index in [4.69, 9.17) is 11.6 Å². The van der Waals surface area contributed by atoms with Crippen molar-refractivity contribution in [3.05, 3.63) is 33.3 Å². The molecular formula is C14H19BrClNS. The number of hydrogen-bond acceptors (Lipinski definition) is 2. The fourth-order valence-corrected chi connectivity index (χ4v) is 4.17. The molecule has 0 radical (unpaired) electrons. The van der Waals surface area contributed by atoms with Crippen molar-refractivity contribution >= 4 is 39.3 Å². The molecule has 2 atom stereocenters. The quantitative estimate of drug-likeness (QED) is 0.815. The molecule has 2 rings (SSSR count). The highest BCUT2D eigenvalue weighted by Gasteiger charge is 2.23. The second-order valence-corrected chi connectivity index (χ2v) is 7.57. The molecule has 0 aliphatic heterocycles. The molecule has 0 amide bonds. The van der Waals surface area contributed by atoms with Crippen LogP contribution in [0.3, 0.4) is 0 Å². The van der Waals surface area contributed by atoms with Crippen molar-refractivity contribution in [3.63, 3.8) is 0 Å². The molecule has 1 aromatic carbocycles. The first kappa shape index (κ1) is 14.7. The van der Waals surface area contributed by atoms with Gasteiger partial charge in [0.2, 0.25) is 0 Å². The number of benzene rings is 1. The van der Waals surface area contributed by atoms with Crippen LogP contribution in [-0.2, 0) is 6.54 Å². The van der Waals surface area contributed by atoms with Gasteiger partial charge in [-0.25, -0.2) is 0 Å². The third kappa shape index (κ3) is 4.16. The number of thioether (sulfide) groups is 1. The molecule has 4 heteroatoms. The molecule has 1 aliphatic rings. The Labute approximate surface area is 127 Å². The summed E-state index contributed by atoms with van der Waals surface area (Å²) in [6, 6.07) is 6.63. The van der Waals surface area contributed by atoms with Crippen molar-refractivity contribution in [1.29, 1.82) is 0 Å². The monoisotopic (exact) mass is 347 g/mol. The predicted molar refractivity (Wildman–Crippen MR) is 85.6 cm³/mol. The van der Waals surface area contributed by atoms with E-state index in [-0.39, 0.29) is 0 Å². The largest absolute Gasteiger partial charge is 0.310 e. The van der Waals surface area contributed by atoms with Crippen LogP contribution in [-0.4, -0.2) is 17.0 Å². The molecule has 1 aliphatic carbocycles. The highest BCUT2D eigenvalue weighted by atomic mass is 79.9. The molecule has 2 unspecified atom stereocenters. The smallest absolute Gasteiger partial charge is 0.0410 e. The van der Waals surface area contributed by atoms with Gasteiger partial charge < -0.3 is 5.32 Å². The topological polar surface area (TPSA) is 12.0 Å². The van der Waals surface area contributed by atoms with Crippen molar-refractivity contribution in [3.8, 4) is 0 Å². The average Bonchev–Trinajstić information content (AvgIpc) is 2.79. The maximum absolute atomic E-state index is 6.02. The van der Waals surface area contributed by atoms with Gasteiger partial charge in [-0.2, -0.15) is 11.8 Å². The standard InChI is InChI=1S/C14H19BrClNS/c1-2-18-13-5-4-12(8-13)17-9-10-7-11(16)3-6-14(10)15/h3,6-7,12-13,17H,2,4-5,8-9H2,1H3. The Morgan fingerprint density at radius 1 is 1.44 bits per heavy atom. The van der Waals surface area contributed by atoms with Gasteiger partial charge in [0, 0.05) is 27.3 Å². The van der Waals surface area contributed by atoms with Gasteiger partial charge in [-0.3, -0.25) is 0 Å². The first-order chi connectivity index (χ1) is 8.69. The summed E-state index contributed by atoms with van der Waals surface area (Å²) in [5.41, 5.74) is 1.24. The van der Waals surface area contributed by atoms with E-state index >= 15 is 0 Å². The summed E-state index contributed by atoms with van der Waals surface area (Å²) in [6.45, 7) is 3.14. The number of halogens is 2. The van der Waals surface area contributed by atoms with Gasteiger partial charge in [-0.05, 0) is 48.8 Å².